The van der Waals surface area contributed by atoms with E-state index in [9.17, 15) is 14.3 Å². The predicted octanol–water partition coefficient (Wildman–Crippen LogP) is 2.33. The van der Waals surface area contributed by atoms with Crippen molar-refractivity contribution in [1.29, 1.82) is 0 Å². The van der Waals surface area contributed by atoms with Crippen LogP contribution in [0.1, 0.15) is 17.2 Å². The first kappa shape index (κ1) is 19.9. The van der Waals surface area contributed by atoms with Crippen molar-refractivity contribution in [3.8, 4) is 0 Å². The molecular formula is C20H26FN3O2. The lowest BCUT2D eigenvalue weighted by Gasteiger charge is -2.25. The zero-order valence-corrected chi connectivity index (χ0v) is 15.2. The van der Waals surface area contributed by atoms with E-state index in [1.807, 2.05) is 32.3 Å². The van der Waals surface area contributed by atoms with Crippen LogP contribution in [0.4, 0.5) is 9.18 Å². The third-order valence-corrected chi connectivity index (χ3v) is 4.26. The molecule has 0 bridgehead atoms. The molecule has 0 heterocycles. The van der Waals surface area contributed by atoms with Crippen LogP contribution >= 0.6 is 0 Å². The van der Waals surface area contributed by atoms with E-state index < -0.39 is 11.9 Å². The molecule has 0 spiro atoms. The molecule has 2 rings (SSSR count). The van der Waals surface area contributed by atoms with Gasteiger partial charge in [-0.1, -0.05) is 48.5 Å². The summed E-state index contributed by atoms with van der Waals surface area (Å²) in [7, 11) is 3.93. The van der Waals surface area contributed by atoms with Crippen molar-refractivity contribution in [1.82, 2.24) is 15.5 Å². The average Bonchev–Trinajstić information content (AvgIpc) is 2.64. The molecule has 0 fully saturated rings. The Morgan fingerprint density at radius 1 is 1.04 bits per heavy atom. The number of aliphatic hydroxyl groups is 1. The number of hydrogen-bond donors (Lipinski definition) is 3. The molecule has 2 unspecified atom stereocenters. The van der Waals surface area contributed by atoms with Gasteiger partial charge in [0.15, 0.2) is 0 Å². The lowest BCUT2D eigenvalue weighted by Crippen LogP contribution is -2.45. The summed E-state index contributed by atoms with van der Waals surface area (Å²) >= 11 is 0. The van der Waals surface area contributed by atoms with Crippen LogP contribution in [-0.4, -0.2) is 49.3 Å². The number of likely N-dealkylation sites (N-methyl/N-ethyl adjacent to an activating group) is 1. The van der Waals surface area contributed by atoms with E-state index in [0.29, 0.717) is 6.54 Å². The minimum Gasteiger partial charge on any atom is -0.386 e. The van der Waals surface area contributed by atoms with Crippen LogP contribution in [0.15, 0.2) is 54.6 Å². The maximum Gasteiger partial charge on any atom is 0.314 e. The van der Waals surface area contributed by atoms with Crippen molar-refractivity contribution in [2.45, 2.75) is 18.6 Å². The second kappa shape index (κ2) is 9.89. The first-order valence-corrected chi connectivity index (χ1v) is 8.62. The van der Waals surface area contributed by atoms with Crippen molar-refractivity contribution in [3.05, 3.63) is 71.5 Å². The maximum atomic E-state index is 13.6. The normalized spacial score (nSPS) is 13.3. The van der Waals surface area contributed by atoms with Gasteiger partial charge in [0.05, 0.1) is 6.10 Å². The standard InChI is InChI=1S/C20H26FN3O2/c1-24(2)16(12-15-8-4-3-5-9-15)13-22-20(26)23-14-19(25)17-10-6-7-11-18(17)21/h3-11,16,19,25H,12-14H2,1-2H3,(H2,22,23,26). The Bertz CT molecular complexity index is 694. The number of nitrogens with one attached hydrogen (secondary N) is 2. The number of amides is 2. The zero-order valence-electron chi connectivity index (χ0n) is 15.2. The van der Waals surface area contributed by atoms with Gasteiger partial charge in [0.2, 0.25) is 0 Å². The maximum absolute atomic E-state index is 13.6. The SMILES string of the molecule is CN(C)C(CNC(=O)NCC(O)c1ccccc1F)Cc1ccccc1. The van der Waals surface area contributed by atoms with Crippen molar-refractivity contribution >= 4 is 6.03 Å². The molecule has 0 aromatic heterocycles. The third-order valence-electron chi connectivity index (χ3n) is 4.26. The smallest absolute Gasteiger partial charge is 0.314 e. The number of halogens is 1. The quantitative estimate of drug-likeness (QED) is 0.678. The van der Waals surface area contributed by atoms with Crippen molar-refractivity contribution in [2.75, 3.05) is 27.2 Å². The Morgan fingerprint density at radius 2 is 1.65 bits per heavy atom. The molecule has 3 N–H and O–H groups in total. The van der Waals surface area contributed by atoms with Crippen LogP contribution in [0.2, 0.25) is 0 Å². The van der Waals surface area contributed by atoms with Gasteiger partial charge in [-0.15, -0.1) is 0 Å². The molecule has 0 aliphatic rings. The molecule has 2 atom stereocenters. The summed E-state index contributed by atoms with van der Waals surface area (Å²) in [6.45, 7) is 0.404. The van der Waals surface area contributed by atoms with Crippen LogP contribution in [0.3, 0.4) is 0 Å². The molecule has 0 radical (unpaired) electrons. The highest BCUT2D eigenvalue weighted by Crippen LogP contribution is 2.15. The largest absolute Gasteiger partial charge is 0.386 e. The molecule has 140 valence electrons. The van der Waals surface area contributed by atoms with E-state index in [1.165, 1.54) is 17.7 Å². The van der Waals surface area contributed by atoms with Gasteiger partial charge in [-0.05, 0) is 32.1 Å². The summed E-state index contributed by atoms with van der Waals surface area (Å²) < 4.78 is 13.6. The van der Waals surface area contributed by atoms with Crippen LogP contribution in [0, 0.1) is 5.82 Å². The fraction of sp³-hybridized carbons (Fsp3) is 0.350. The van der Waals surface area contributed by atoms with Gasteiger partial charge in [0.1, 0.15) is 5.82 Å². The minimum absolute atomic E-state index is 0.0575. The molecule has 0 aliphatic heterocycles. The van der Waals surface area contributed by atoms with E-state index in [0.717, 1.165) is 6.42 Å². The lowest BCUT2D eigenvalue weighted by atomic mass is 10.1. The molecular weight excluding hydrogens is 333 g/mol. The number of nitrogens with zero attached hydrogens (tertiary/aromatic N) is 1. The van der Waals surface area contributed by atoms with Gasteiger partial charge in [0, 0.05) is 24.7 Å². The van der Waals surface area contributed by atoms with Gasteiger partial charge in [-0.3, -0.25) is 0 Å². The number of hydrogen-bond acceptors (Lipinski definition) is 3. The molecule has 2 aromatic rings. The predicted molar refractivity (Wildman–Crippen MR) is 100 cm³/mol. The Balaban J connectivity index is 1.80. The van der Waals surface area contributed by atoms with E-state index in [4.69, 9.17) is 0 Å². The lowest BCUT2D eigenvalue weighted by molar-refractivity contribution is 0.168. The minimum atomic E-state index is -1.09. The molecule has 0 aliphatic carbocycles. The summed E-state index contributed by atoms with van der Waals surface area (Å²) in [4.78, 5) is 14.1. The van der Waals surface area contributed by atoms with Crippen LogP contribution in [0.25, 0.3) is 0 Å². The molecule has 5 nitrogen and oxygen atoms in total. The summed E-state index contributed by atoms with van der Waals surface area (Å²) in [6, 6.07) is 15.8. The first-order chi connectivity index (χ1) is 12.5. The van der Waals surface area contributed by atoms with Gasteiger partial charge in [0.25, 0.3) is 0 Å². The summed E-state index contributed by atoms with van der Waals surface area (Å²) in [6.07, 6.45) is -0.276. The van der Waals surface area contributed by atoms with Crippen molar-refractivity contribution in [3.63, 3.8) is 0 Å². The van der Waals surface area contributed by atoms with Gasteiger partial charge in [-0.2, -0.15) is 0 Å². The van der Waals surface area contributed by atoms with E-state index in [2.05, 4.69) is 27.7 Å². The van der Waals surface area contributed by atoms with Gasteiger partial charge < -0.3 is 20.6 Å². The summed E-state index contributed by atoms with van der Waals surface area (Å²) in [5, 5.41) is 15.4. The highest BCUT2D eigenvalue weighted by Gasteiger charge is 2.16. The summed E-state index contributed by atoms with van der Waals surface area (Å²) in [5.74, 6) is -0.488. The molecule has 26 heavy (non-hydrogen) atoms. The number of carbonyl (C=O) groups is 1. The molecule has 6 heteroatoms. The van der Waals surface area contributed by atoms with Gasteiger partial charge >= 0.3 is 6.03 Å². The number of rotatable bonds is 8. The highest BCUT2D eigenvalue weighted by molar-refractivity contribution is 5.73. The molecule has 0 saturated carbocycles. The molecule has 2 aromatic carbocycles. The monoisotopic (exact) mass is 359 g/mol. The number of benzene rings is 2. The van der Waals surface area contributed by atoms with Crippen molar-refractivity contribution in [2.24, 2.45) is 0 Å². The Labute approximate surface area is 153 Å². The second-order valence-corrected chi connectivity index (χ2v) is 6.44. The second-order valence-electron chi connectivity index (χ2n) is 6.44. The van der Waals surface area contributed by atoms with E-state index >= 15 is 0 Å². The van der Waals surface area contributed by atoms with Crippen LogP contribution in [-0.2, 0) is 6.42 Å². The van der Waals surface area contributed by atoms with Gasteiger partial charge in [-0.25, -0.2) is 9.18 Å². The Kier molecular flexibility index (Phi) is 7.56. The first-order valence-electron chi connectivity index (χ1n) is 8.62. The zero-order chi connectivity index (χ0) is 18.9. The topological polar surface area (TPSA) is 64.6 Å². The fourth-order valence-corrected chi connectivity index (χ4v) is 2.64. The van der Waals surface area contributed by atoms with Crippen LogP contribution in [0.5, 0.6) is 0 Å². The average molecular weight is 359 g/mol. The van der Waals surface area contributed by atoms with Crippen LogP contribution < -0.4 is 10.6 Å². The van der Waals surface area contributed by atoms with Crippen molar-refractivity contribution < 1.29 is 14.3 Å². The van der Waals surface area contributed by atoms with E-state index in [1.54, 1.807) is 12.1 Å². The molecule has 0 saturated heterocycles. The summed E-state index contributed by atoms with van der Waals surface area (Å²) in [5.41, 5.74) is 1.37. The number of carbonyl (C=O) groups excluding carboxylic acids is 1. The molecule has 2 amide bonds. The number of urea groups is 1. The Hall–Kier alpha value is -2.44. The highest BCUT2D eigenvalue weighted by atomic mass is 19.1. The number of aliphatic hydroxyl groups excluding tert-OH is 1. The Morgan fingerprint density at radius 3 is 2.31 bits per heavy atom. The van der Waals surface area contributed by atoms with E-state index in [-0.39, 0.29) is 24.2 Å². The third kappa shape index (κ3) is 6.13. The fourth-order valence-electron chi connectivity index (χ4n) is 2.64.